The lowest BCUT2D eigenvalue weighted by Gasteiger charge is -2.07. The number of rotatable bonds is 2. The number of carbonyl (C=O) groups is 1. The number of phenols is 1. The average Bonchev–Trinajstić information content (AvgIpc) is 2.06. The molecule has 0 fully saturated rings. The van der Waals surface area contributed by atoms with E-state index in [2.05, 4.69) is 0 Å². The summed E-state index contributed by atoms with van der Waals surface area (Å²) >= 11 is 0. The Morgan fingerprint density at radius 1 is 1.33 bits per heavy atom. The van der Waals surface area contributed by atoms with Gasteiger partial charge >= 0.3 is 0 Å². The number of sulfone groups is 1. The first-order valence-electron chi connectivity index (χ1n) is 4.28. The zero-order chi connectivity index (χ0) is 11.8. The second kappa shape index (κ2) is 3.66. The van der Waals surface area contributed by atoms with Crippen molar-refractivity contribution in [3.8, 4) is 5.75 Å². The predicted molar refractivity (Wildman–Crippen MR) is 56.0 cm³/mol. The number of hydrogen-bond donors (Lipinski definition) is 1. The number of aromatic hydroxyl groups is 1. The van der Waals surface area contributed by atoms with Crippen LogP contribution in [0, 0.1) is 6.92 Å². The maximum Gasteiger partial charge on any atom is 0.176 e. The number of Topliss-reactive ketones (excluding diaryl/α,β-unsaturated/α-hetero) is 1. The van der Waals surface area contributed by atoms with Gasteiger partial charge in [0.1, 0.15) is 5.75 Å². The lowest BCUT2D eigenvalue weighted by atomic mass is 10.1. The van der Waals surface area contributed by atoms with Crippen LogP contribution >= 0.6 is 0 Å². The molecule has 0 unspecified atom stereocenters. The highest BCUT2D eigenvalue weighted by molar-refractivity contribution is 7.90. The lowest BCUT2D eigenvalue weighted by Crippen LogP contribution is -2.06. The molecule has 1 aromatic rings. The summed E-state index contributed by atoms with van der Waals surface area (Å²) in [6, 6.07) is 2.50. The number of phenolic OH excluding ortho intramolecular Hbond substituents is 1. The summed E-state index contributed by atoms with van der Waals surface area (Å²) in [5, 5.41) is 9.39. The van der Waals surface area contributed by atoms with Gasteiger partial charge in [0.2, 0.25) is 0 Å². The van der Waals surface area contributed by atoms with Gasteiger partial charge in [-0.3, -0.25) is 4.79 Å². The van der Waals surface area contributed by atoms with Gasteiger partial charge in [0.05, 0.1) is 4.90 Å². The highest BCUT2D eigenvalue weighted by Gasteiger charge is 2.18. The Kier molecular flexibility index (Phi) is 2.86. The minimum absolute atomic E-state index is 0.0283. The molecule has 0 spiro atoms. The van der Waals surface area contributed by atoms with Crippen molar-refractivity contribution < 1.29 is 18.3 Å². The van der Waals surface area contributed by atoms with Gasteiger partial charge in [-0.1, -0.05) is 0 Å². The predicted octanol–water partition coefficient (Wildman–Crippen LogP) is 1.31. The summed E-state index contributed by atoms with van der Waals surface area (Å²) in [7, 11) is -3.45. The maximum atomic E-state index is 11.4. The van der Waals surface area contributed by atoms with Gasteiger partial charge in [0.25, 0.3) is 0 Å². The minimum Gasteiger partial charge on any atom is -0.508 e. The lowest BCUT2D eigenvalue weighted by molar-refractivity contribution is 0.101. The standard InChI is InChI=1S/C10H12O4S/c1-6-4-10(15(3,13)14)8(7(2)11)5-9(6)12/h4-5,12H,1-3H3. The molecule has 0 aromatic heterocycles. The van der Waals surface area contributed by atoms with Crippen LogP contribution in [0.5, 0.6) is 5.75 Å². The van der Waals surface area contributed by atoms with Crippen LogP contribution in [0.3, 0.4) is 0 Å². The Morgan fingerprint density at radius 2 is 1.87 bits per heavy atom. The molecule has 1 N–H and O–H groups in total. The Bertz CT molecular complexity index is 514. The van der Waals surface area contributed by atoms with Crippen molar-refractivity contribution in [2.45, 2.75) is 18.7 Å². The smallest absolute Gasteiger partial charge is 0.176 e. The molecule has 0 aliphatic rings. The zero-order valence-electron chi connectivity index (χ0n) is 8.73. The molecule has 5 heteroatoms. The Balaban J connectivity index is 3.64. The monoisotopic (exact) mass is 228 g/mol. The molecular weight excluding hydrogens is 216 g/mol. The summed E-state index contributed by atoms with van der Waals surface area (Å²) in [6.07, 6.45) is 1.03. The van der Waals surface area contributed by atoms with Crippen molar-refractivity contribution in [2.75, 3.05) is 6.26 Å². The molecule has 1 rings (SSSR count). The highest BCUT2D eigenvalue weighted by atomic mass is 32.2. The van der Waals surface area contributed by atoms with E-state index >= 15 is 0 Å². The number of hydrogen-bond acceptors (Lipinski definition) is 4. The third kappa shape index (κ3) is 2.36. The molecule has 0 heterocycles. The van der Waals surface area contributed by atoms with E-state index < -0.39 is 9.84 Å². The largest absolute Gasteiger partial charge is 0.508 e. The molecule has 0 saturated heterocycles. The van der Waals surface area contributed by atoms with Crippen molar-refractivity contribution in [3.63, 3.8) is 0 Å². The van der Waals surface area contributed by atoms with Crippen LogP contribution in [-0.2, 0) is 9.84 Å². The Labute approximate surface area is 88.5 Å². The highest BCUT2D eigenvalue weighted by Crippen LogP contribution is 2.25. The van der Waals surface area contributed by atoms with Crippen LogP contribution in [0.15, 0.2) is 17.0 Å². The quantitative estimate of drug-likeness (QED) is 0.774. The van der Waals surface area contributed by atoms with Gasteiger partial charge < -0.3 is 5.11 Å². The van der Waals surface area contributed by atoms with Gasteiger partial charge in [-0.05, 0) is 31.5 Å². The number of carbonyl (C=O) groups excluding carboxylic acids is 1. The van der Waals surface area contributed by atoms with Crippen LogP contribution in [-0.4, -0.2) is 25.6 Å². The molecule has 0 saturated carbocycles. The third-order valence-electron chi connectivity index (χ3n) is 2.08. The van der Waals surface area contributed by atoms with Crippen LogP contribution in [0.25, 0.3) is 0 Å². The summed E-state index contributed by atoms with van der Waals surface area (Å²) in [5.74, 6) is -0.460. The molecule has 4 nitrogen and oxygen atoms in total. The summed E-state index contributed by atoms with van der Waals surface area (Å²) < 4.78 is 22.8. The van der Waals surface area contributed by atoms with Crippen molar-refractivity contribution in [2.24, 2.45) is 0 Å². The van der Waals surface area contributed by atoms with E-state index in [9.17, 15) is 18.3 Å². The van der Waals surface area contributed by atoms with Gasteiger partial charge in [0.15, 0.2) is 15.6 Å². The summed E-state index contributed by atoms with van der Waals surface area (Å²) in [5.41, 5.74) is 0.459. The van der Waals surface area contributed by atoms with Crippen LogP contribution in [0.1, 0.15) is 22.8 Å². The van der Waals surface area contributed by atoms with E-state index in [-0.39, 0.29) is 22.0 Å². The van der Waals surface area contributed by atoms with E-state index in [1.54, 1.807) is 6.92 Å². The van der Waals surface area contributed by atoms with Gasteiger partial charge in [-0.2, -0.15) is 0 Å². The molecular formula is C10H12O4S. The van der Waals surface area contributed by atoms with E-state index in [0.717, 1.165) is 6.26 Å². The maximum absolute atomic E-state index is 11.4. The average molecular weight is 228 g/mol. The van der Waals surface area contributed by atoms with E-state index in [1.165, 1.54) is 19.1 Å². The van der Waals surface area contributed by atoms with Crippen molar-refractivity contribution in [3.05, 3.63) is 23.3 Å². The van der Waals surface area contributed by atoms with E-state index in [1.807, 2.05) is 0 Å². The molecule has 0 aliphatic carbocycles. The van der Waals surface area contributed by atoms with Crippen LogP contribution in [0.2, 0.25) is 0 Å². The van der Waals surface area contributed by atoms with Crippen molar-refractivity contribution in [1.29, 1.82) is 0 Å². The zero-order valence-corrected chi connectivity index (χ0v) is 9.55. The molecule has 0 aliphatic heterocycles. The molecule has 0 atom stereocenters. The van der Waals surface area contributed by atoms with Crippen molar-refractivity contribution in [1.82, 2.24) is 0 Å². The fourth-order valence-corrected chi connectivity index (χ4v) is 2.24. The van der Waals surface area contributed by atoms with E-state index in [0.29, 0.717) is 5.56 Å². The number of benzene rings is 1. The van der Waals surface area contributed by atoms with Gasteiger partial charge in [0, 0.05) is 11.8 Å². The first-order valence-corrected chi connectivity index (χ1v) is 6.17. The number of ketones is 1. The third-order valence-corrected chi connectivity index (χ3v) is 3.21. The van der Waals surface area contributed by atoms with Gasteiger partial charge in [-0.15, -0.1) is 0 Å². The number of aryl methyl sites for hydroxylation is 1. The second-order valence-corrected chi connectivity index (χ2v) is 5.45. The molecule has 82 valence electrons. The molecule has 0 bridgehead atoms. The normalized spacial score (nSPS) is 11.4. The molecule has 0 amide bonds. The molecule has 0 radical (unpaired) electrons. The fourth-order valence-electron chi connectivity index (χ4n) is 1.25. The first kappa shape index (κ1) is 11.7. The van der Waals surface area contributed by atoms with Crippen molar-refractivity contribution >= 4 is 15.6 Å². The molecule has 15 heavy (non-hydrogen) atoms. The van der Waals surface area contributed by atoms with Gasteiger partial charge in [-0.25, -0.2) is 8.42 Å². The minimum atomic E-state index is -3.45. The van der Waals surface area contributed by atoms with Crippen LogP contribution in [0.4, 0.5) is 0 Å². The fraction of sp³-hybridized carbons (Fsp3) is 0.300. The Hall–Kier alpha value is -1.36. The summed E-state index contributed by atoms with van der Waals surface area (Å²) in [6.45, 7) is 2.84. The topological polar surface area (TPSA) is 71.4 Å². The van der Waals surface area contributed by atoms with E-state index in [4.69, 9.17) is 0 Å². The SMILES string of the molecule is CC(=O)c1cc(O)c(C)cc1S(C)(=O)=O. The molecule has 1 aromatic carbocycles. The first-order chi connectivity index (χ1) is 6.73. The Morgan fingerprint density at radius 3 is 2.27 bits per heavy atom. The van der Waals surface area contributed by atoms with Crippen LogP contribution < -0.4 is 0 Å². The second-order valence-electron chi connectivity index (χ2n) is 3.46. The summed E-state index contributed by atoms with van der Waals surface area (Å²) in [4.78, 5) is 11.2.